The Balaban J connectivity index is 1.50. The first-order valence-corrected chi connectivity index (χ1v) is 13.4. The third-order valence-electron chi connectivity index (χ3n) is 6.44. The first kappa shape index (κ1) is 21.8. The van der Waals surface area contributed by atoms with Gasteiger partial charge in [-0.3, -0.25) is 9.59 Å². The van der Waals surface area contributed by atoms with E-state index in [4.69, 9.17) is 0 Å². The molecule has 2 aromatic rings. The van der Waals surface area contributed by atoms with Crippen molar-refractivity contribution in [2.75, 3.05) is 18.1 Å². The average molecular weight is 448 g/mol. The van der Waals surface area contributed by atoms with Crippen molar-refractivity contribution in [2.45, 2.75) is 71.0 Å². The number of carbonyl (C=O) groups excluding carboxylic acids is 2. The van der Waals surface area contributed by atoms with Gasteiger partial charge in [0.25, 0.3) is 5.91 Å². The fraction of sp³-hybridized carbons (Fsp3) is 0.652. The number of rotatable bonds is 8. The number of nitrogens with zero attached hydrogens (tertiary/aromatic N) is 2. The Morgan fingerprint density at radius 3 is 2.83 bits per heavy atom. The fourth-order valence-corrected chi connectivity index (χ4v) is 6.33. The maximum atomic E-state index is 13.4. The summed E-state index contributed by atoms with van der Waals surface area (Å²) in [5, 5.41) is 5.34. The van der Waals surface area contributed by atoms with Crippen molar-refractivity contribution in [2.24, 2.45) is 5.92 Å². The van der Waals surface area contributed by atoms with Crippen LogP contribution in [0.15, 0.2) is 17.5 Å². The summed E-state index contributed by atoms with van der Waals surface area (Å²) in [6, 6.07) is 3.89. The Morgan fingerprint density at radius 1 is 1.27 bits per heavy atom. The zero-order valence-electron chi connectivity index (χ0n) is 18.1. The highest BCUT2D eigenvalue weighted by Gasteiger charge is 2.38. The van der Waals surface area contributed by atoms with Gasteiger partial charge in [0, 0.05) is 12.6 Å². The van der Waals surface area contributed by atoms with E-state index in [2.05, 4.69) is 35.2 Å². The molecule has 1 unspecified atom stereocenters. The lowest BCUT2D eigenvalue weighted by molar-refractivity contribution is -0.127. The molecule has 5 nitrogen and oxygen atoms in total. The van der Waals surface area contributed by atoms with Gasteiger partial charge in [-0.05, 0) is 73.5 Å². The number of aromatic nitrogens is 1. The van der Waals surface area contributed by atoms with E-state index in [1.54, 1.807) is 11.3 Å². The summed E-state index contributed by atoms with van der Waals surface area (Å²) in [4.78, 5) is 28.5. The van der Waals surface area contributed by atoms with Crippen LogP contribution in [-0.4, -0.2) is 51.4 Å². The van der Waals surface area contributed by atoms with Crippen molar-refractivity contribution in [1.82, 2.24) is 14.8 Å². The van der Waals surface area contributed by atoms with Gasteiger partial charge >= 0.3 is 0 Å². The van der Waals surface area contributed by atoms with Crippen LogP contribution in [0.2, 0.25) is 0 Å². The molecule has 7 heteroatoms. The molecule has 1 atom stereocenters. The minimum Gasteiger partial charge on any atom is -0.352 e. The molecule has 0 spiro atoms. The summed E-state index contributed by atoms with van der Waals surface area (Å²) in [6.45, 7) is 5.68. The molecule has 3 heterocycles. The van der Waals surface area contributed by atoms with Crippen LogP contribution in [0.25, 0.3) is 10.2 Å². The van der Waals surface area contributed by atoms with Crippen molar-refractivity contribution in [3.8, 4) is 0 Å². The molecule has 0 aromatic carbocycles. The van der Waals surface area contributed by atoms with Crippen LogP contribution in [0.4, 0.5) is 0 Å². The molecule has 1 saturated carbocycles. The van der Waals surface area contributed by atoms with Crippen LogP contribution >= 0.6 is 23.1 Å². The van der Waals surface area contributed by atoms with Crippen LogP contribution < -0.4 is 5.32 Å². The molecule has 2 aromatic heterocycles. The fourth-order valence-electron chi connectivity index (χ4n) is 4.68. The van der Waals surface area contributed by atoms with Crippen LogP contribution in [0, 0.1) is 5.92 Å². The first-order chi connectivity index (χ1) is 14.6. The van der Waals surface area contributed by atoms with Crippen molar-refractivity contribution in [1.29, 1.82) is 0 Å². The van der Waals surface area contributed by atoms with Crippen molar-refractivity contribution >= 4 is 45.1 Å². The molecule has 1 aliphatic carbocycles. The van der Waals surface area contributed by atoms with E-state index in [1.165, 1.54) is 19.3 Å². The van der Waals surface area contributed by atoms with Gasteiger partial charge in [-0.25, -0.2) is 0 Å². The Bertz CT molecular complexity index is 882. The zero-order chi connectivity index (χ0) is 21.1. The second-order valence-electron chi connectivity index (χ2n) is 8.76. The van der Waals surface area contributed by atoms with Gasteiger partial charge in [0.1, 0.15) is 11.7 Å². The van der Waals surface area contributed by atoms with Gasteiger partial charge in [0.05, 0.1) is 16.8 Å². The maximum absolute atomic E-state index is 13.4. The van der Waals surface area contributed by atoms with Gasteiger partial charge in [-0.15, -0.1) is 11.3 Å². The first-order valence-electron chi connectivity index (χ1n) is 11.3. The second kappa shape index (κ2) is 9.77. The van der Waals surface area contributed by atoms with Crippen LogP contribution in [-0.2, 0) is 11.3 Å². The van der Waals surface area contributed by atoms with Crippen molar-refractivity contribution in [3.05, 3.63) is 23.2 Å². The Kier molecular flexibility index (Phi) is 7.08. The number of nitrogens with one attached hydrogen (secondary N) is 1. The predicted octanol–water partition coefficient (Wildman–Crippen LogP) is 4.76. The maximum Gasteiger partial charge on any atom is 0.271 e. The number of hydrogen-bond donors (Lipinski definition) is 1. The molecule has 4 rings (SSSR count). The highest BCUT2D eigenvalue weighted by Crippen LogP contribution is 2.31. The van der Waals surface area contributed by atoms with Crippen LogP contribution in [0.3, 0.4) is 0 Å². The number of hydrogen-bond acceptors (Lipinski definition) is 4. The van der Waals surface area contributed by atoms with Crippen LogP contribution in [0.1, 0.15) is 62.9 Å². The molecular weight excluding hydrogens is 414 g/mol. The Morgan fingerprint density at radius 2 is 2.07 bits per heavy atom. The topological polar surface area (TPSA) is 54.3 Å². The smallest absolute Gasteiger partial charge is 0.271 e. The number of amides is 2. The van der Waals surface area contributed by atoms with E-state index < -0.39 is 6.04 Å². The summed E-state index contributed by atoms with van der Waals surface area (Å²) in [5.41, 5.74) is 1.80. The molecule has 1 aliphatic heterocycles. The third-order valence-corrected chi connectivity index (χ3v) is 8.56. The minimum atomic E-state index is -0.420. The van der Waals surface area contributed by atoms with Gasteiger partial charge in [-0.1, -0.05) is 13.8 Å². The lowest BCUT2D eigenvalue weighted by Gasteiger charge is -2.37. The zero-order valence-corrected chi connectivity index (χ0v) is 19.7. The predicted molar refractivity (Wildman–Crippen MR) is 126 cm³/mol. The molecule has 2 amide bonds. The van der Waals surface area contributed by atoms with Crippen LogP contribution in [0.5, 0.6) is 0 Å². The van der Waals surface area contributed by atoms with Crippen molar-refractivity contribution < 1.29 is 9.59 Å². The molecule has 1 N–H and O–H groups in total. The monoisotopic (exact) mass is 447 g/mol. The molecule has 1 fully saturated rings. The van der Waals surface area contributed by atoms with Crippen molar-refractivity contribution in [3.63, 3.8) is 0 Å². The van der Waals surface area contributed by atoms with E-state index >= 15 is 0 Å². The minimum absolute atomic E-state index is 0.00237. The summed E-state index contributed by atoms with van der Waals surface area (Å²) in [6.07, 6.45) is 6.53. The summed E-state index contributed by atoms with van der Waals surface area (Å²) in [7, 11) is 0. The lowest BCUT2D eigenvalue weighted by atomic mass is 9.87. The third kappa shape index (κ3) is 4.57. The highest BCUT2D eigenvalue weighted by molar-refractivity contribution is 7.99. The Hall–Kier alpha value is -1.47. The normalized spacial score (nSPS) is 24.3. The quantitative estimate of drug-likeness (QED) is 0.594. The molecule has 164 valence electrons. The summed E-state index contributed by atoms with van der Waals surface area (Å²) in [5.74, 6) is 2.95. The number of thioether (sulfide) groups is 1. The highest BCUT2D eigenvalue weighted by atomic mass is 32.2. The lowest BCUT2D eigenvalue weighted by Crippen LogP contribution is -2.57. The van der Waals surface area contributed by atoms with E-state index in [9.17, 15) is 9.59 Å². The summed E-state index contributed by atoms with van der Waals surface area (Å²) < 4.78 is 3.18. The van der Waals surface area contributed by atoms with E-state index in [0.717, 1.165) is 52.6 Å². The molecule has 0 radical (unpaired) electrons. The summed E-state index contributed by atoms with van der Waals surface area (Å²) >= 11 is 3.58. The largest absolute Gasteiger partial charge is 0.352 e. The van der Waals surface area contributed by atoms with Gasteiger partial charge in [-0.2, -0.15) is 11.8 Å². The van der Waals surface area contributed by atoms with E-state index in [1.807, 2.05) is 22.7 Å². The SMILES string of the molecule is CCCSCCCN1C(=O)c2cc3sccc3n2CC1C(=O)NC1CCC(C)CC1. The van der Waals surface area contributed by atoms with Gasteiger partial charge in [0.15, 0.2) is 0 Å². The molecule has 2 aliphatic rings. The standard InChI is InChI=1S/C23H33N3O2S2/c1-3-11-29-12-4-10-25-20(22(27)24-17-7-5-16(2)6-8-17)15-26-18-9-13-30-21(18)14-19(26)23(25)28/h9,13-14,16-17,20H,3-8,10-12,15H2,1-2H3,(H,24,27). The molecular formula is C23H33N3O2S2. The number of fused-ring (bicyclic) bond motifs is 3. The molecule has 30 heavy (non-hydrogen) atoms. The van der Waals surface area contributed by atoms with Gasteiger partial charge < -0.3 is 14.8 Å². The average Bonchev–Trinajstić information content (AvgIpc) is 3.33. The number of thiophene rings is 1. The van der Waals surface area contributed by atoms with E-state index in [0.29, 0.717) is 13.1 Å². The number of carbonyl (C=O) groups is 2. The van der Waals surface area contributed by atoms with E-state index in [-0.39, 0.29) is 17.9 Å². The molecule has 0 bridgehead atoms. The molecule has 0 saturated heterocycles. The van der Waals surface area contributed by atoms with Gasteiger partial charge in [0.2, 0.25) is 5.91 Å². The second-order valence-corrected chi connectivity index (χ2v) is 10.9. The Labute approximate surface area is 187 Å².